The molecular weight excluding hydrogens is 405 g/mol. The molecule has 8 heteroatoms. The van der Waals surface area contributed by atoms with E-state index in [-0.39, 0.29) is 29.4 Å². The van der Waals surface area contributed by atoms with E-state index in [2.05, 4.69) is 10.5 Å². The SMILES string of the molecule is CSCC1C(=O)NC(c2ccccc2)CN1C(=O)c1cc(-c2ccc(F)cc2)on1. The van der Waals surface area contributed by atoms with Crippen LogP contribution in [-0.2, 0) is 4.79 Å². The standard InChI is InChI=1S/C22H20FN3O3S/c1-30-13-19-21(27)24-18(14-5-3-2-4-6-14)12-26(19)22(28)17-11-20(29-25-17)15-7-9-16(23)10-8-15/h2-11,18-19H,12-13H2,1H3,(H,24,27). The minimum atomic E-state index is -0.599. The second-order valence-electron chi connectivity index (χ2n) is 6.98. The molecule has 1 fully saturated rings. The lowest BCUT2D eigenvalue weighted by atomic mass is 10.0. The quantitative estimate of drug-likeness (QED) is 0.677. The number of piperazine rings is 1. The van der Waals surface area contributed by atoms with Crippen molar-refractivity contribution in [3.05, 3.63) is 77.7 Å². The van der Waals surface area contributed by atoms with Crippen LogP contribution in [0.1, 0.15) is 22.1 Å². The molecule has 2 amide bonds. The molecule has 0 radical (unpaired) electrons. The van der Waals surface area contributed by atoms with Gasteiger partial charge in [-0.25, -0.2) is 4.39 Å². The number of benzene rings is 2. The summed E-state index contributed by atoms with van der Waals surface area (Å²) in [5, 5.41) is 6.92. The van der Waals surface area contributed by atoms with Gasteiger partial charge in [0.1, 0.15) is 11.9 Å². The zero-order valence-corrected chi connectivity index (χ0v) is 17.1. The van der Waals surface area contributed by atoms with E-state index in [1.165, 1.54) is 30.0 Å². The summed E-state index contributed by atoms with van der Waals surface area (Å²) in [4.78, 5) is 27.6. The van der Waals surface area contributed by atoms with Crippen LogP contribution < -0.4 is 5.32 Å². The average Bonchev–Trinajstić information content (AvgIpc) is 3.26. The van der Waals surface area contributed by atoms with Crippen molar-refractivity contribution in [2.24, 2.45) is 0 Å². The van der Waals surface area contributed by atoms with E-state index in [0.717, 1.165) is 5.56 Å². The van der Waals surface area contributed by atoms with Gasteiger partial charge in [-0.1, -0.05) is 35.5 Å². The lowest BCUT2D eigenvalue weighted by Gasteiger charge is -2.39. The van der Waals surface area contributed by atoms with Gasteiger partial charge in [-0.3, -0.25) is 9.59 Å². The molecule has 4 rings (SSSR count). The van der Waals surface area contributed by atoms with Crippen LogP contribution in [0.2, 0.25) is 0 Å². The van der Waals surface area contributed by atoms with Gasteiger partial charge in [-0.05, 0) is 36.1 Å². The molecule has 0 aliphatic carbocycles. The molecule has 1 aliphatic heterocycles. The van der Waals surface area contributed by atoms with Gasteiger partial charge in [0.25, 0.3) is 5.91 Å². The normalized spacial score (nSPS) is 18.9. The van der Waals surface area contributed by atoms with Gasteiger partial charge in [-0.2, -0.15) is 11.8 Å². The van der Waals surface area contributed by atoms with Crippen molar-refractivity contribution in [2.45, 2.75) is 12.1 Å². The van der Waals surface area contributed by atoms with Gasteiger partial charge in [-0.15, -0.1) is 0 Å². The second-order valence-corrected chi connectivity index (χ2v) is 7.89. The zero-order valence-electron chi connectivity index (χ0n) is 16.2. The largest absolute Gasteiger partial charge is 0.355 e. The van der Waals surface area contributed by atoms with Gasteiger partial charge in [0.2, 0.25) is 5.91 Å². The highest BCUT2D eigenvalue weighted by molar-refractivity contribution is 7.98. The number of amides is 2. The molecule has 2 heterocycles. The maximum Gasteiger partial charge on any atom is 0.276 e. The molecule has 2 unspecified atom stereocenters. The maximum absolute atomic E-state index is 13.3. The fourth-order valence-corrected chi connectivity index (χ4v) is 4.12. The van der Waals surface area contributed by atoms with Crippen molar-refractivity contribution in [1.82, 2.24) is 15.4 Å². The molecule has 154 valence electrons. The van der Waals surface area contributed by atoms with Crippen LogP contribution in [0.25, 0.3) is 11.3 Å². The van der Waals surface area contributed by atoms with Gasteiger partial charge in [0, 0.05) is 23.9 Å². The van der Waals surface area contributed by atoms with Crippen LogP contribution in [-0.4, -0.2) is 46.5 Å². The number of thioether (sulfide) groups is 1. The molecule has 6 nitrogen and oxygen atoms in total. The molecule has 2 aromatic carbocycles. The minimum absolute atomic E-state index is 0.113. The second kappa shape index (κ2) is 8.71. The molecule has 30 heavy (non-hydrogen) atoms. The third-order valence-corrected chi connectivity index (χ3v) is 5.67. The number of nitrogens with one attached hydrogen (secondary N) is 1. The Balaban J connectivity index is 1.61. The number of aromatic nitrogens is 1. The third kappa shape index (κ3) is 4.09. The van der Waals surface area contributed by atoms with E-state index in [0.29, 0.717) is 23.6 Å². The van der Waals surface area contributed by atoms with Gasteiger partial charge in [0.05, 0.1) is 6.04 Å². The highest BCUT2D eigenvalue weighted by Crippen LogP contribution is 2.26. The predicted molar refractivity (Wildman–Crippen MR) is 112 cm³/mol. The Morgan fingerprint density at radius 3 is 2.67 bits per heavy atom. The number of carbonyl (C=O) groups excluding carboxylic acids is 2. The average molecular weight is 425 g/mol. The Morgan fingerprint density at radius 1 is 1.23 bits per heavy atom. The number of carbonyl (C=O) groups is 2. The molecule has 1 saturated heterocycles. The van der Waals surface area contributed by atoms with Crippen LogP contribution in [0.5, 0.6) is 0 Å². The van der Waals surface area contributed by atoms with Crippen molar-refractivity contribution >= 4 is 23.6 Å². The molecule has 3 aromatic rings. The highest BCUT2D eigenvalue weighted by Gasteiger charge is 2.38. The Bertz CT molecular complexity index is 1040. The first-order valence-corrected chi connectivity index (χ1v) is 10.8. The zero-order chi connectivity index (χ0) is 21.1. The summed E-state index contributed by atoms with van der Waals surface area (Å²) in [6.07, 6.45) is 1.89. The predicted octanol–water partition coefficient (Wildman–Crippen LogP) is 3.53. The van der Waals surface area contributed by atoms with Crippen LogP contribution in [0.15, 0.2) is 65.2 Å². The van der Waals surface area contributed by atoms with E-state index in [4.69, 9.17) is 4.52 Å². The van der Waals surface area contributed by atoms with Crippen LogP contribution in [0.4, 0.5) is 4.39 Å². The maximum atomic E-state index is 13.3. The molecule has 1 N–H and O–H groups in total. The van der Waals surface area contributed by atoms with E-state index in [9.17, 15) is 14.0 Å². The van der Waals surface area contributed by atoms with Gasteiger partial charge < -0.3 is 14.7 Å². The van der Waals surface area contributed by atoms with Crippen molar-refractivity contribution in [1.29, 1.82) is 0 Å². The van der Waals surface area contributed by atoms with Gasteiger partial charge >= 0.3 is 0 Å². The van der Waals surface area contributed by atoms with Gasteiger partial charge in [0.15, 0.2) is 11.5 Å². The lowest BCUT2D eigenvalue weighted by Crippen LogP contribution is -2.59. The number of nitrogens with zero attached hydrogens (tertiary/aromatic N) is 2. The molecular formula is C22H20FN3O3S. The Hall–Kier alpha value is -3.13. The molecule has 1 aliphatic rings. The Kier molecular flexibility index (Phi) is 5.85. The monoisotopic (exact) mass is 425 g/mol. The van der Waals surface area contributed by atoms with Crippen molar-refractivity contribution in [3.8, 4) is 11.3 Å². The van der Waals surface area contributed by atoms with E-state index in [1.54, 1.807) is 17.0 Å². The first-order valence-electron chi connectivity index (χ1n) is 9.44. The first-order chi connectivity index (χ1) is 14.6. The Morgan fingerprint density at radius 2 is 1.97 bits per heavy atom. The van der Waals surface area contributed by atoms with Crippen LogP contribution >= 0.6 is 11.8 Å². The summed E-state index contributed by atoms with van der Waals surface area (Å²) >= 11 is 1.49. The third-order valence-electron chi connectivity index (χ3n) is 5.02. The molecule has 0 bridgehead atoms. The summed E-state index contributed by atoms with van der Waals surface area (Å²) < 4.78 is 18.5. The summed E-state index contributed by atoms with van der Waals surface area (Å²) in [5.74, 6) is -0.0922. The molecule has 0 spiro atoms. The number of hydrogen-bond acceptors (Lipinski definition) is 5. The van der Waals surface area contributed by atoms with E-state index >= 15 is 0 Å². The lowest BCUT2D eigenvalue weighted by molar-refractivity contribution is -0.128. The molecule has 0 saturated carbocycles. The van der Waals surface area contributed by atoms with E-state index in [1.807, 2.05) is 36.6 Å². The van der Waals surface area contributed by atoms with Crippen molar-refractivity contribution < 1.29 is 18.5 Å². The van der Waals surface area contributed by atoms with Crippen LogP contribution in [0, 0.1) is 5.82 Å². The number of rotatable bonds is 5. The summed E-state index contributed by atoms with van der Waals surface area (Å²) in [6, 6.07) is 15.9. The smallest absolute Gasteiger partial charge is 0.276 e. The Labute approximate surface area is 177 Å². The summed E-state index contributed by atoms with van der Waals surface area (Å²) in [5.41, 5.74) is 1.66. The van der Waals surface area contributed by atoms with Crippen molar-refractivity contribution in [2.75, 3.05) is 18.6 Å². The topological polar surface area (TPSA) is 75.4 Å². The highest BCUT2D eigenvalue weighted by atomic mass is 32.2. The van der Waals surface area contributed by atoms with Crippen LogP contribution in [0.3, 0.4) is 0 Å². The fraction of sp³-hybridized carbons (Fsp3) is 0.227. The first kappa shape index (κ1) is 20.2. The molecule has 1 aromatic heterocycles. The fourth-order valence-electron chi connectivity index (χ4n) is 3.47. The summed E-state index contributed by atoms with van der Waals surface area (Å²) in [6.45, 7) is 0.332. The molecule has 2 atom stereocenters. The minimum Gasteiger partial charge on any atom is -0.355 e. The van der Waals surface area contributed by atoms with E-state index < -0.39 is 6.04 Å². The number of halogens is 1. The summed E-state index contributed by atoms with van der Waals surface area (Å²) in [7, 11) is 0. The number of hydrogen-bond donors (Lipinski definition) is 1. The van der Waals surface area contributed by atoms with Crippen molar-refractivity contribution in [3.63, 3.8) is 0 Å².